The Kier molecular flexibility index (Phi) is 9.11. The molecule has 0 aliphatic carbocycles. The van der Waals surface area contributed by atoms with Crippen LogP contribution in [0.4, 0.5) is 5.69 Å². The quantitative estimate of drug-likeness (QED) is 0.134. The zero-order valence-corrected chi connectivity index (χ0v) is 29.2. The van der Waals surface area contributed by atoms with E-state index < -0.39 is 53.4 Å². The van der Waals surface area contributed by atoms with Crippen LogP contribution in [-0.4, -0.2) is 59.3 Å². The number of cyclic esters (lactones) is 1. The third kappa shape index (κ3) is 5.75. The Balaban J connectivity index is 1.37. The minimum absolute atomic E-state index is 0.0821. The topological polar surface area (TPSA) is 135 Å². The number of aliphatic hydroxyl groups is 1. The maximum absolute atomic E-state index is 14.9. The molecule has 10 nitrogen and oxygen atoms in total. The highest BCUT2D eigenvalue weighted by atomic mass is 16.6. The van der Waals surface area contributed by atoms with Gasteiger partial charge >= 0.3 is 11.9 Å². The second-order valence-electron chi connectivity index (χ2n) is 13.4. The number of morpholine rings is 1. The van der Waals surface area contributed by atoms with Crippen molar-refractivity contribution in [3.8, 4) is 23.3 Å². The highest BCUT2D eigenvalue weighted by Gasteiger charge is 2.74. The zero-order valence-electron chi connectivity index (χ0n) is 29.2. The summed E-state index contributed by atoms with van der Waals surface area (Å²) in [5, 5.41) is 23.6. The number of esters is 1. The van der Waals surface area contributed by atoms with Crippen molar-refractivity contribution in [2.75, 3.05) is 25.6 Å². The van der Waals surface area contributed by atoms with Gasteiger partial charge in [-0.1, -0.05) is 84.6 Å². The number of benzene rings is 5. The van der Waals surface area contributed by atoms with Gasteiger partial charge in [-0.3, -0.25) is 19.3 Å². The first-order valence-electron chi connectivity index (χ1n) is 17.6. The molecule has 0 aromatic heterocycles. The van der Waals surface area contributed by atoms with Gasteiger partial charge in [0.05, 0.1) is 25.8 Å². The molecule has 0 bridgehead atoms. The van der Waals surface area contributed by atoms with Crippen LogP contribution < -0.4 is 14.8 Å². The van der Waals surface area contributed by atoms with Gasteiger partial charge in [0.25, 0.3) is 0 Å². The van der Waals surface area contributed by atoms with Crippen molar-refractivity contribution in [1.82, 2.24) is 4.90 Å². The predicted octanol–water partition coefficient (Wildman–Crippen LogP) is 5.82. The minimum atomic E-state index is -1.81. The second kappa shape index (κ2) is 14.2. The molecule has 5 aromatic rings. The fourth-order valence-corrected chi connectivity index (χ4v) is 8.38. The molecule has 6 atom stereocenters. The summed E-state index contributed by atoms with van der Waals surface area (Å²) in [7, 11) is 1.59. The highest BCUT2D eigenvalue weighted by Crippen LogP contribution is 2.64. The van der Waals surface area contributed by atoms with Gasteiger partial charge < -0.3 is 29.7 Å². The average molecular weight is 721 g/mol. The number of aliphatic carboxylic acids is 1. The molecule has 1 spiro atoms. The Labute approximate surface area is 311 Å². The van der Waals surface area contributed by atoms with Crippen LogP contribution in [0.15, 0.2) is 127 Å². The first-order chi connectivity index (χ1) is 26.3. The number of methoxy groups -OCH3 is 1. The minimum Gasteiger partial charge on any atom is -0.497 e. The van der Waals surface area contributed by atoms with Crippen LogP contribution >= 0.6 is 0 Å². The lowest BCUT2D eigenvalue weighted by atomic mass is 9.65. The number of aliphatic hydroxyl groups excluding tert-OH is 1. The standard InChI is InChI=1S/C44H36N2O8/c1-52-32-19-14-27(15-20-32)12-13-28-16-23-35-34(26-28)44(43(51)45-35)36(41(48)49)38-42(50)54-39(30-10-6-3-7-11-30)37(29-8-4-2-5-9-29)46(38)40(44)31-17-21-33(22-18-31)53-25-24-47/h2-11,14-23,26,36-40,47H,24-25H2,1H3,(H,45,51)(H,48,49)/t36-,37-,38-,39+,40+,44-/m0/s1. The number of hydrogen-bond donors (Lipinski definition) is 3. The summed E-state index contributed by atoms with van der Waals surface area (Å²) in [6, 6.07) is 35.4. The van der Waals surface area contributed by atoms with Crippen LogP contribution in [0.2, 0.25) is 0 Å². The number of hydrogen-bond acceptors (Lipinski definition) is 8. The number of nitrogens with zero attached hydrogens (tertiary/aromatic N) is 1. The van der Waals surface area contributed by atoms with Gasteiger partial charge in [0.2, 0.25) is 5.91 Å². The van der Waals surface area contributed by atoms with Gasteiger partial charge in [0.15, 0.2) is 0 Å². The summed E-state index contributed by atoms with van der Waals surface area (Å²) in [6.07, 6.45) is -0.831. The lowest BCUT2D eigenvalue weighted by Crippen LogP contribution is -2.52. The molecule has 2 saturated heterocycles. The van der Waals surface area contributed by atoms with Crippen LogP contribution in [-0.2, 0) is 24.5 Å². The van der Waals surface area contributed by atoms with Gasteiger partial charge in [-0.2, -0.15) is 0 Å². The normalized spacial score (nSPS) is 24.1. The zero-order chi connectivity index (χ0) is 37.4. The summed E-state index contributed by atoms with van der Waals surface area (Å²) < 4.78 is 17.2. The largest absolute Gasteiger partial charge is 0.497 e. The Morgan fingerprint density at radius 1 is 0.796 bits per heavy atom. The summed E-state index contributed by atoms with van der Waals surface area (Å²) in [6.45, 7) is -0.0928. The number of anilines is 1. The van der Waals surface area contributed by atoms with Crippen molar-refractivity contribution in [2.45, 2.75) is 29.6 Å². The lowest BCUT2D eigenvalue weighted by molar-refractivity contribution is -0.179. The van der Waals surface area contributed by atoms with Crippen molar-refractivity contribution >= 4 is 23.5 Å². The summed E-state index contributed by atoms with van der Waals surface area (Å²) in [5.41, 5.74) is 2.47. The third-order valence-corrected chi connectivity index (χ3v) is 10.6. The van der Waals surface area contributed by atoms with Crippen LogP contribution in [0, 0.1) is 17.8 Å². The van der Waals surface area contributed by atoms with E-state index >= 15 is 0 Å². The van der Waals surface area contributed by atoms with Crippen LogP contribution in [0.25, 0.3) is 0 Å². The summed E-state index contributed by atoms with van der Waals surface area (Å²) in [5.74, 6) is 3.39. The molecule has 2 fully saturated rings. The molecular weight excluding hydrogens is 684 g/mol. The SMILES string of the molecule is COc1ccc(C#Cc2ccc3c(c2)[C@]2(C(=O)N3)[C@H](C(=O)O)[C@H]3C(=O)O[C@H](c4ccccc4)[C@H](c4ccccc4)N3[C@@H]2c2ccc(OCCO)cc2)cc1. The lowest BCUT2D eigenvalue weighted by Gasteiger charge is -2.46. The molecule has 5 aromatic carbocycles. The number of rotatable bonds is 8. The fourth-order valence-electron chi connectivity index (χ4n) is 8.38. The molecular formula is C44H36N2O8. The van der Waals surface area contributed by atoms with E-state index in [9.17, 15) is 24.6 Å². The van der Waals surface area contributed by atoms with Gasteiger partial charge in [-0.05, 0) is 76.9 Å². The maximum atomic E-state index is 14.9. The Bertz CT molecular complexity index is 2270. The molecule has 3 N–H and O–H groups in total. The molecule has 0 saturated carbocycles. The van der Waals surface area contributed by atoms with Crippen LogP contribution in [0.1, 0.15) is 51.6 Å². The molecule has 10 heteroatoms. The van der Waals surface area contributed by atoms with E-state index in [1.54, 1.807) is 49.6 Å². The number of carboxylic acids is 1. The molecule has 54 heavy (non-hydrogen) atoms. The van der Waals surface area contributed by atoms with Crippen molar-refractivity contribution in [1.29, 1.82) is 0 Å². The van der Waals surface area contributed by atoms with E-state index in [0.29, 0.717) is 33.9 Å². The number of ether oxygens (including phenoxy) is 3. The van der Waals surface area contributed by atoms with Gasteiger partial charge in [-0.25, -0.2) is 0 Å². The van der Waals surface area contributed by atoms with Gasteiger partial charge in [-0.15, -0.1) is 0 Å². The van der Waals surface area contributed by atoms with E-state index in [2.05, 4.69) is 17.2 Å². The van der Waals surface area contributed by atoms with Crippen molar-refractivity contribution in [3.05, 3.63) is 161 Å². The van der Waals surface area contributed by atoms with Crippen molar-refractivity contribution in [3.63, 3.8) is 0 Å². The Morgan fingerprint density at radius 2 is 1.43 bits per heavy atom. The van der Waals surface area contributed by atoms with E-state index in [-0.39, 0.29) is 13.2 Å². The highest BCUT2D eigenvalue weighted by molar-refractivity contribution is 6.11. The van der Waals surface area contributed by atoms with E-state index in [4.69, 9.17) is 14.2 Å². The number of fused-ring (bicyclic) bond motifs is 3. The number of carboxylic acid groups (broad SMARTS) is 1. The second-order valence-corrected chi connectivity index (χ2v) is 13.4. The monoisotopic (exact) mass is 720 g/mol. The number of nitrogens with one attached hydrogen (secondary N) is 1. The molecule has 270 valence electrons. The molecule has 0 unspecified atom stereocenters. The molecule has 3 heterocycles. The van der Waals surface area contributed by atoms with Gasteiger partial charge in [0.1, 0.15) is 41.6 Å². The first kappa shape index (κ1) is 34.7. The smallest absolute Gasteiger partial charge is 0.325 e. The van der Waals surface area contributed by atoms with E-state index in [1.807, 2.05) is 89.8 Å². The van der Waals surface area contributed by atoms with Crippen LogP contribution in [0.5, 0.6) is 11.5 Å². The molecule has 1 amide bonds. The van der Waals surface area contributed by atoms with Crippen LogP contribution in [0.3, 0.4) is 0 Å². The fraction of sp³-hybridized carbons (Fsp3) is 0.205. The molecule has 3 aliphatic heterocycles. The molecule has 8 rings (SSSR count). The number of carbonyl (C=O) groups is 3. The van der Waals surface area contributed by atoms with E-state index in [0.717, 1.165) is 16.7 Å². The third-order valence-electron chi connectivity index (χ3n) is 10.6. The first-order valence-corrected chi connectivity index (χ1v) is 17.6. The summed E-state index contributed by atoms with van der Waals surface area (Å²) in [4.78, 5) is 45.1. The number of carbonyl (C=O) groups excluding carboxylic acids is 2. The van der Waals surface area contributed by atoms with Crippen molar-refractivity contribution < 1.29 is 38.8 Å². The predicted molar refractivity (Wildman–Crippen MR) is 199 cm³/mol. The van der Waals surface area contributed by atoms with E-state index in [1.165, 1.54) is 0 Å². The number of amides is 1. The summed E-state index contributed by atoms with van der Waals surface area (Å²) >= 11 is 0. The molecule has 3 aliphatic rings. The average Bonchev–Trinajstić information content (AvgIpc) is 3.69. The Hall–Kier alpha value is -6.41. The van der Waals surface area contributed by atoms with Crippen molar-refractivity contribution in [2.24, 2.45) is 5.92 Å². The van der Waals surface area contributed by atoms with Gasteiger partial charge in [0, 0.05) is 16.8 Å². The Morgan fingerprint density at radius 3 is 2.07 bits per heavy atom. The maximum Gasteiger partial charge on any atom is 0.325 e. The molecule has 0 radical (unpaired) electrons.